The van der Waals surface area contributed by atoms with Gasteiger partial charge in [-0.05, 0) is 28.2 Å². The molecule has 0 spiro atoms. The van der Waals surface area contributed by atoms with Gasteiger partial charge in [0.05, 0.1) is 33.0 Å². The number of hydrogen-bond acceptors (Lipinski definition) is 6. The molecule has 0 N–H and O–H groups in total. The second-order valence-corrected chi connectivity index (χ2v) is 17.5. The molecular formula is C40H44O6Si. The molecule has 4 aromatic carbocycles. The minimum Gasteiger partial charge on any atom is -0.374 e. The van der Waals surface area contributed by atoms with Crippen molar-refractivity contribution in [1.82, 2.24) is 0 Å². The van der Waals surface area contributed by atoms with Crippen molar-refractivity contribution >= 4 is 13.9 Å². The van der Waals surface area contributed by atoms with Gasteiger partial charge < -0.3 is 23.7 Å². The van der Waals surface area contributed by atoms with Gasteiger partial charge in [-0.3, -0.25) is 4.79 Å². The van der Waals surface area contributed by atoms with Gasteiger partial charge >= 0.3 is 0 Å². The molecular weight excluding hydrogens is 605 g/mol. The fourth-order valence-corrected chi connectivity index (χ4v) is 5.82. The quantitative estimate of drug-likeness (QED) is 0.107. The summed E-state index contributed by atoms with van der Waals surface area (Å²) in [6, 6.07) is 39.8. The Hall–Kier alpha value is -3.87. The van der Waals surface area contributed by atoms with Crippen molar-refractivity contribution in [2.75, 3.05) is 6.61 Å². The molecule has 5 atom stereocenters. The highest BCUT2D eigenvalue weighted by Gasteiger charge is 2.50. The molecule has 0 saturated carbocycles. The summed E-state index contributed by atoms with van der Waals surface area (Å²) in [6.45, 7) is 7.81. The van der Waals surface area contributed by atoms with Crippen LogP contribution in [0.1, 0.15) is 22.3 Å². The summed E-state index contributed by atoms with van der Waals surface area (Å²) in [6.07, 6.45) is -3.67. The number of ether oxygens (including phenoxy) is 5. The highest BCUT2D eigenvalue weighted by molar-refractivity contribution is 6.84. The van der Waals surface area contributed by atoms with Crippen LogP contribution < -0.4 is 0 Å². The lowest BCUT2D eigenvalue weighted by Crippen LogP contribution is -2.63. The summed E-state index contributed by atoms with van der Waals surface area (Å²) in [5.41, 5.74) is 7.25. The SMILES string of the molecule is C[Si](C)(C)C#CC(=O)[C@@H]1O[C@H](COCc2ccccc2)[C@@H](OCc2ccccc2)[C@H](OCc2ccccc2)[C@@H]1OCc1ccccc1. The number of carbonyl (C=O) groups is 1. The number of ketones is 1. The Morgan fingerprint density at radius 1 is 0.596 bits per heavy atom. The molecule has 1 saturated heterocycles. The second-order valence-electron chi connectivity index (χ2n) is 12.7. The van der Waals surface area contributed by atoms with Crippen molar-refractivity contribution in [2.45, 2.75) is 76.6 Å². The Balaban J connectivity index is 1.49. The smallest absolute Gasteiger partial charge is 0.236 e. The van der Waals surface area contributed by atoms with Crippen LogP contribution in [-0.2, 0) is 54.9 Å². The largest absolute Gasteiger partial charge is 0.374 e. The molecule has 7 heteroatoms. The average Bonchev–Trinajstić information content (AvgIpc) is 3.09. The van der Waals surface area contributed by atoms with Crippen LogP contribution in [0.25, 0.3) is 0 Å². The van der Waals surface area contributed by atoms with Crippen LogP contribution in [0.2, 0.25) is 19.6 Å². The topological polar surface area (TPSA) is 63.2 Å². The van der Waals surface area contributed by atoms with Crippen LogP contribution >= 0.6 is 0 Å². The minimum absolute atomic E-state index is 0.191. The third kappa shape index (κ3) is 10.8. The monoisotopic (exact) mass is 648 g/mol. The normalized spacial score (nSPS) is 21.0. The zero-order chi connectivity index (χ0) is 32.9. The van der Waals surface area contributed by atoms with Gasteiger partial charge in [-0.1, -0.05) is 141 Å². The summed E-state index contributed by atoms with van der Waals surface area (Å²) in [4.78, 5) is 13.9. The molecule has 0 radical (unpaired) electrons. The van der Waals surface area contributed by atoms with E-state index in [0.29, 0.717) is 19.8 Å². The number of carbonyl (C=O) groups excluding carboxylic acids is 1. The predicted octanol–water partition coefficient (Wildman–Crippen LogP) is 7.18. The average molecular weight is 649 g/mol. The molecule has 6 nitrogen and oxygen atoms in total. The standard InChI is InChI=1S/C40H44O6Si/c1-47(2,3)25-24-35(41)37-39(44-28-33-20-12-6-13-21-33)40(45-29-34-22-14-7-15-23-34)38(43-27-32-18-10-5-11-19-32)36(46-37)30-42-26-31-16-8-4-9-17-31/h4-23,36-40H,26-30H2,1-3H3/t36-,37+,38-,39-,40+/m1/s1. The molecule has 0 aromatic heterocycles. The van der Waals surface area contributed by atoms with Crippen molar-refractivity contribution in [1.29, 1.82) is 0 Å². The van der Waals surface area contributed by atoms with E-state index < -0.39 is 38.6 Å². The molecule has 1 aliphatic rings. The first-order valence-electron chi connectivity index (χ1n) is 16.2. The van der Waals surface area contributed by atoms with Crippen molar-refractivity contribution in [3.05, 3.63) is 144 Å². The summed E-state index contributed by atoms with van der Waals surface area (Å²) in [5, 5.41) is 0. The number of benzene rings is 4. The highest BCUT2D eigenvalue weighted by Crippen LogP contribution is 2.31. The molecule has 47 heavy (non-hydrogen) atoms. The Kier molecular flexibility index (Phi) is 12.7. The molecule has 5 rings (SSSR count). The maximum Gasteiger partial charge on any atom is 0.236 e. The molecule has 1 fully saturated rings. The molecule has 4 aromatic rings. The van der Waals surface area contributed by atoms with Crippen molar-refractivity contribution < 1.29 is 28.5 Å². The van der Waals surface area contributed by atoms with Crippen LogP contribution in [0.4, 0.5) is 0 Å². The van der Waals surface area contributed by atoms with Gasteiger partial charge in [-0.25, -0.2) is 0 Å². The molecule has 1 aliphatic heterocycles. The first-order chi connectivity index (χ1) is 22.9. The van der Waals surface area contributed by atoms with Crippen LogP contribution in [0.15, 0.2) is 121 Å². The fourth-order valence-electron chi connectivity index (χ4n) is 5.32. The molecule has 1 heterocycles. The Morgan fingerprint density at radius 3 is 1.45 bits per heavy atom. The van der Waals surface area contributed by atoms with Gasteiger partial charge in [0.1, 0.15) is 32.5 Å². The van der Waals surface area contributed by atoms with Crippen molar-refractivity contribution in [3.63, 3.8) is 0 Å². The maximum atomic E-state index is 13.9. The van der Waals surface area contributed by atoms with Gasteiger partial charge in [0.25, 0.3) is 0 Å². The zero-order valence-corrected chi connectivity index (χ0v) is 28.4. The maximum absolute atomic E-state index is 13.9. The highest BCUT2D eigenvalue weighted by atomic mass is 28.3. The van der Waals surface area contributed by atoms with E-state index in [1.807, 2.05) is 121 Å². The van der Waals surface area contributed by atoms with E-state index in [0.717, 1.165) is 22.3 Å². The van der Waals surface area contributed by atoms with E-state index in [2.05, 4.69) is 31.1 Å². The summed E-state index contributed by atoms with van der Waals surface area (Å²) < 4.78 is 32.8. The van der Waals surface area contributed by atoms with Crippen LogP contribution in [0.3, 0.4) is 0 Å². The Labute approximate surface area is 280 Å². The first-order valence-corrected chi connectivity index (χ1v) is 19.7. The van der Waals surface area contributed by atoms with E-state index in [1.165, 1.54) is 0 Å². The molecule has 0 unspecified atom stereocenters. The predicted molar refractivity (Wildman–Crippen MR) is 186 cm³/mol. The lowest BCUT2D eigenvalue weighted by atomic mass is 9.92. The summed E-state index contributed by atoms with van der Waals surface area (Å²) in [7, 11) is -1.85. The van der Waals surface area contributed by atoms with Crippen molar-refractivity contribution in [2.24, 2.45) is 0 Å². The van der Waals surface area contributed by atoms with E-state index in [4.69, 9.17) is 23.7 Å². The molecule has 0 bridgehead atoms. The Morgan fingerprint density at radius 2 is 1.00 bits per heavy atom. The zero-order valence-electron chi connectivity index (χ0n) is 27.4. The third-order valence-electron chi connectivity index (χ3n) is 7.70. The minimum atomic E-state index is -1.85. The van der Waals surface area contributed by atoms with Crippen LogP contribution in [-0.4, -0.2) is 51.0 Å². The van der Waals surface area contributed by atoms with Crippen LogP contribution in [0.5, 0.6) is 0 Å². The molecule has 0 aliphatic carbocycles. The molecule has 0 amide bonds. The second kappa shape index (κ2) is 17.3. The lowest BCUT2D eigenvalue weighted by molar-refractivity contribution is -0.266. The van der Waals surface area contributed by atoms with Gasteiger partial charge in [-0.15, -0.1) is 5.54 Å². The van der Waals surface area contributed by atoms with E-state index in [1.54, 1.807) is 0 Å². The summed E-state index contributed by atoms with van der Waals surface area (Å²) >= 11 is 0. The molecule has 244 valence electrons. The number of rotatable bonds is 14. The Bertz CT molecular complexity index is 1560. The van der Waals surface area contributed by atoms with Crippen LogP contribution in [0, 0.1) is 11.5 Å². The number of hydrogen-bond donors (Lipinski definition) is 0. The van der Waals surface area contributed by atoms with Gasteiger partial charge in [0.15, 0.2) is 6.10 Å². The van der Waals surface area contributed by atoms with Crippen molar-refractivity contribution in [3.8, 4) is 11.5 Å². The van der Waals surface area contributed by atoms with E-state index >= 15 is 0 Å². The van der Waals surface area contributed by atoms with E-state index in [-0.39, 0.29) is 19.0 Å². The fraction of sp³-hybridized carbons (Fsp3) is 0.325. The lowest BCUT2D eigenvalue weighted by Gasteiger charge is -2.45. The van der Waals surface area contributed by atoms with E-state index in [9.17, 15) is 4.79 Å². The van der Waals surface area contributed by atoms with Gasteiger partial charge in [-0.2, -0.15) is 0 Å². The summed E-state index contributed by atoms with van der Waals surface area (Å²) in [5.74, 6) is 2.60. The van der Waals surface area contributed by atoms with Gasteiger partial charge in [0, 0.05) is 0 Å². The third-order valence-corrected chi connectivity index (χ3v) is 8.58. The number of Topliss-reactive ketones (excluding diaryl/α,β-unsaturated/α-hetero) is 1. The van der Waals surface area contributed by atoms with Gasteiger partial charge in [0.2, 0.25) is 5.78 Å². The first kappa shape index (κ1) is 34.5.